The fourth-order valence-corrected chi connectivity index (χ4v) is 5.38. The number of amides is 1. The van der Waals surface area contributed by atoms with Crippen LogP contribution in [0.25, 0.3) is 10.8 Å². The minimum Gasteiger partial charge on any atom is -0.324 e. The van der Waals surface area contributed by atoms with Crippen LogP contribution in [0.15, 0.2) is 65.6 Å². The number of nitrogens with one attached hydrogen (secondary N) is 1. The third-order valence-corrected chi connectivity index (χ3v) is 6.91. The highest BCUT2D eigenvalue weighted by molar-refractivity contribution is 7.93. The van der Waals surface area contributed by atoms with E-state index in [9.17, 15) is 13.2 Å². The third kappa shape index (κ3) is 2.77. The molecule has 1 aliphatic heterocycles. The second kappa shape index (κ2) is 6.39. The summed E-state index contributed by atoms with van der Waals surface area (Å²) in [7, 11) is -3.77. The number of hydrogen-bond donors (Lipinski definition) is 1. The number of carbonyl (C=O) groups excluding carboxylic acids is 1. The fourth-order valence-electron chi connectivity index (χ4n) is 3.52. The van der Waals surface area contributed by atoms with Crippen LogP contribution in [0.2, 0.25) is 0 Å². The maximum absolute atomic E-state index is 13.1. The van der Waals surface area contributed by atoms with Crippen molar-refractivity contribution in [2.45, 2.75) is 31.2 Å². The van der Waals surface area contributed by atoms with Crippen LogP contribution in [0.1, 0.15) is 19.4 Å². The van der Waals surface area contributed by atoms with Gasteiger partial charge in [0, 0.05) is 11.1 Å². The van der Waals surface area contributed by atoms with Gasteiger partial charge in [-0.05, 0) is 48.6 Å². The molecule has 27 heavy (non-hydrogen) atoms. The lowest BCUT2D eigenvalue weighted by atomic mass is 10.1. The summed E-state index contributed by atoms with van der Waals surface area (Å²) in [6.45, 7) is 3.67. The predicted molar refractivity (Wildman–Crippen MR) is 108 cm³/mol. The van der Waals surface area contributed by atoms with Crippen molar-refractivity contribution < 1.29 is 13.2 Å². The first-order valence-electron chi connectivity index (χ1n) is 8.89. The second-order valence-corrected chi connectivity index (χ2v) is 8.43. The molecule has 0 saturated heterocycles. The van der Waals surface area contributed by atoms with Crippen molar-refractivity contribution in [2.75, 3.05) is 9.62 Å². The molecule has 1 N–H and O–H groups in total. The quantitative estimate of drug-likeness (QED) is 0.746. The van der Waals surface area contributed by atoms with Crippen molar-refractivity contribution >= 4 is 38.1 Å². The molecule has 0 saturated carbocycles. The van der Waals surface area contributed by atoms with E-state index in [0.717, 1.165) is 11.8 Å². The lowest BCUT2D eigenvalue weighted by Crippen LogP contribution is -2.43. The molecule has 0 bridgehead atoms. The molecular formula is C21H20N2O3S. The van der Waals surface area contributed by atoms with E-state index < -0.39 is 16.1 Å². The second-order valence-electron chi connectivity index (χ2n) is 6.65. The smallest absolute Gasteiger partial charge is 0.265 e. The first-order valence-corrected chi connectivity index (χ1v) is 10.3. The molecule has 6 heteroatoms. The van der Waals surface area contributed by atoms with Crippen LogP contribution in [0, 0.1) is 0 Å². The lowest BCUT2D eigenvalue weighted by molar-refractivity contribution is -0.116. The average molecular weight is 380 g/mol. The number of benzene rings is 3. The van der Waals surface area contributed by atoms with Gasteiger partial charge in [-0.1, -0.05) is 43.3 Å². The third-order valence-electron chi connectivity index (χ3n) is 4.98. The Bertz CT molecular complexity index is 1130. The zero-order chi connectivity index (χ0) is 19.2. The summed E-state index contributed by atoms with van der Waals surface area (Å²) < 4.78 is 27.4. The van der Waals surface area contributed by atoms with E-state index in [1.54, 1.807) is 25.1 Å². The van der Waals surface area contributed by atoms with Gasteiger partial charge < -0.3 is 5.32 Å². The van der Waals surface area contributed by atoms with Crippen molar-refractivity contribution in [2.24, 2.45) is 0 Å². The van der Waals surface area contributed by atoms with Gasteiger partial charge in [0.15, 0.2) is 0 Å². The molecule has 5 nitrogen and oxygen atoms in total. The minimum atomic E-state index is -3.77. The van der Waals surface area contributed by atoms with E-state index in [1.165, 1.54) is 9.87 Å². The number of sulfonamides is 1. The van der Waals surface area contributed by atoms with Gasteiger partial charge >= 0.3 is 0 Å². The highest BCUT2D eigenvalue weighted by Gasteiger charge is 2.40. The van der Waals surface area contributed by atoms with Crippen molar-refractivity contribution in [1.82, 2.24) is 0 Å². The van der Waals surface area contributed by atoms with E-state index in [2.05, 4.69) is 12.2 Å². The number of nitrogens with zero attached hydrogens (tertiary/aromatic N) is 1. The Labute approximate surface area is 158 Å². The Balaban J connectivity index is 1.68. The number of anilines is 2. The van der Waals surface area contributed by atoms with E-state index in [0.29, 0.717) is 16.8 Å². The van der Waals surface area contributed by atoms with Crippen LogP contribution >= 0.6 is 0 Å². The van der Waals surface area contributed by atoms with Crippen molar-refractivity contribution in [3.8, 4) is 0 Å². The maximum atomic E-state index is 13.1. The van der Waals surface area contributed by atoms with E-state index in [1.807, 2.05) is 42.5 Å². The summed E-state index contributed by atoms with van der Waals surface area (Å²) in [4.78, 5) is 13.0. The molecule has 1 aliphatic rings. The van der Waals surface area contributed by atoms with Crippen molar-refractivity contribution in [3.05, 3.63) is 66.2 Å². The normalized spacial score (nSPS) is 15.7. The zero-order valence-corrected chi connectivity index (χ0v) is 16.0. The molecule has 0 radical (unpaired) electrons. The molecule has 3 aromatic rings. The average Bonchev–Trinajstić information content (AvgIpc) is 2.90. The first-order chi connectivity index (χ1) is 12.9. The Morgan fingerprint density at radius 1 is 1.04 bits per heavy atom. The summed E-state index contributed by atoms with van der Waals surface area (Å²) in [6.07, 6.45) is 0.916. The van der Waals surface area contributed by atoms with Gasteiger partial charge in [-0.15, -0.1) is 0 Å². The van der Waals surface area contributed by atoms with E-state index in [-0.39, 0.29) is 10.8 Å². The molecule has 4 rings (SSSR count). The molecule has 1 atom stereocenters. The molecule has 0 aromatic heterocycles. The number of hydrogen-bond acceptors (Lipinski definition) is 3. The molecular weight excluding hydrogens is 360 g/mol. The van der Waals surface area contributed by atoms with E-state index in [4.69, 9.17) is 0 Å². The van der Waals surface area contributed by atoms with Crippen molar-refractivity contribution in [1.29, 1.82) is 0 Å². The van der Waals surface area contributed by atoms with Gasteiger partial charge in [0.25, 0.3) is 10.0 Å². The standard InChI is InChI=1S/C21H20N2O3S/c1-3-15-10-12-17(13-11-15)22-21(24)14(2)23-18-8-4-6-16-7-5-9-19(20(16)18)27(23,25)26/h4-14H,3H2,1-2H3,(H,22,24)/t14-/m1/s1. The van der Waals surface area contributed by atoms with Crippen LogP contribution < -0.4 is 9.62 Å². The summed E-state index contributed by atoms with van der Waals surface area (Å²) >= 11 is 0. The summed E-state index contributed by atoms with van der Waals surface area (Å²) in [6, 6.07) is 17.3. The fraction of sp³-hybridized carbons (Fsp3) is 0.190. The monoisotopic (exact) mass is 380 g/mol. The molecule has 0 spiro atoms. The number of rotatable bonds is 4. The first kappa shape index (κ1) is 17.5. The van der Waals surface area contributed by atoms with Crippen LogP contribution in [0.3, 0.4) is 0 Å². The Morgan fingerprint density at radius 3 is 2.37 bits per heavy atom. The van der Waals surface area contributed by atoms with Gasteiger partial charge in [0.1, 0.15) is 6.04 Å². The Kier molecular flexibility index (Phi) is 4.15. The molecule has 138 valence electrons. The highest BCUT2D eigenvalue weighted by atomic mass is 32.2. The van der Waals surface area contributed by atoms with Crippen LogP contribution in [0.4, 0.5) is 11.4 Å². The summed E-state index contributed by atoms with van der Waals surface area (Å²) in [5, 5.41) is 4.34. The van der Waals surface area contributed by atoms with Gasteiger partial charge in [0.2, 0.25) is 5.91 Å². The summed E-state index contributed by atoms with van der Waals surface area (Å²) in [5.74, 6) is -0.368. The number of aryl methyl sites for hydroxylation is 1. The lowest BCUT2D eigenvalue weighted by Gasteiger charge is -2.25. The van der Waals surface area contributed by atoms with Crippen LogP contribution in [-0.4, -0.2) is 20.4 Å². The van der Waals surface area contributed by atoms with Crippen LogP contribution in [-0.2, 0) is 21.2 Å². The van der Waals surface area contributed by atoms with Crippen LogP contribution in [0.5, 0.6) is 0 Å². The maximum Gasteiger partial charge on any atom is 0.265 e. The molecule has 3 aromatic carbocycles. The predicted octanol–water partition coefficient (Wildman–Crippen LogP) is 3.94. The molecule has 0 fully saturated rings. The summed E-state index contributed by atoms with van der Waals surface area (Å²) in [5.41, 5.74) is 2.37. The van der Waals surface area contributed by atoms with E-state index >= 15 is 0 Å². The zero-order valence-electron chi connectivity index (χ0n) is 15.1. The van der Waals surface area contributed by atoms with Gasteiger partial charge in [-0.25, -0.2) is 8.42 Å². The number of carbonyl (C=O) groups is 1. The van der Waals surface area contributed by atoms with Gasteiger partial charge in [-0.2, -0.15) is 0 Å². The highest BCUT2D eigenvalue weighted by Crippen LogP contribution is 2.43. The largest absolute Gasteiger partial charge is 0.324 e. The molecule has 1 amide bonds. The Hall–Kier alpha value is -2.86. The molecule has 0 unspecified atom stereocenters. The topological polar surface area (TPSA) is 66.5 Å². The van der Waals surface area contributed by atoms with Gasteiger partial charge in [-0.3, -0.25) is 9.10 Å². The Morgan fingerprint density at radius 2 is 1.70 bits per heavy atom. The SMILES string of the molecule is CCc1ccc(NC(=O)[C@@H](C)N2c3cccc4cccc(c34)S2(=O)=O)cc1. The molecule has 0 aliphatic carbocycles. The van der Waals surface area contributed by atoms with Gasteiger partial charge in [0.05, 0.1) is 10.6 Å². The van der Waals surface area contributed by atoms with Crippen molar-refractivity contribution in [3.63, 3.8) is 0 Å². The minimum absolute atomic E-state index is 0.252. The molecule has 1 heterocycles.